The number of carbonyl (C=O) groups is 3. The molecule has 0 aromatic carbocycles. The summed E-state index contributed by atoms with van der Waals surface area (Å²) in [6.07, 6.45) is -1.66. The molecule has 208 valence electrons. The molecule has 4 rings (SSSR count). The average Bonchev–Trinajstić information content (AvgIpc) is 3.42. The molecule has 0 bridgehead atoms. The zero-order chi connectivity index (χ0) is 27.4. The molecule has 4 heterocycles. The fourth-order valence-corrected chi connectivity index (χ4v) is 6.60. The normalized spacial score (nSPS) is 32.1. The molecule has 3 aliphatic rings. The molecule has 6 N–H and O–H groups in total. The fraction of sp³-hybridized carbons (Fsp3) is 0.652. The van der Waals surface area contributed by atoms with Gasteiger partial charge in [0.1, 0.15) is 24.5 Å². The Labute approximate surface area is 222 Å². The van der Waals surface area contributed by atoms with Gasteiger partial charge in [-0.05, 0) is 18.9 Å². The summed E-state index contributed by atoms with van der Waals surface area (Å²) in [5.74, 6) is 0.175. The van der Waals surface area contributed by atoms with Gasteiger partial charge in [0, 0.05) is 49.1 Å². The molecule has 3 aliphatic heterocycles. The van der Waals surface area contributed by atoms with E-state index in [1.807, 2.05) is 0 Å². The van der Waals surface area contributed by atoms with Crippen molar-refractivity contribution < 1.29 is 34.3 Å². The number of carbonyl (C=O) groups excluding carboxylic acids is 3. The molecule has 15 heteroatoms. The van der Waals surface area contributed by atoms with Gasteiger partial charge in [0.2, 0.25) is 11.8 Å². The first-order valence-electron chi connectivity index (χ1n) is 12.5. The van der Waals surface area contributed by atoms with Crippen molar-refractivity contribution in [3.63, 3.8) is 0 Å². The summed E-state index contributed by atoms with van der Waals surface area (Å²) in [5, 5.41) is 43.6. The van der Waals surface area contributed by atoms with E-state index in [9.17, 15) is 34.7 Å². The second-order valence-corrected chi connectivity index (χ2v) is 11.0. The Morgan fingerprint density at radius 3 is 2.74 bits per heavy atom. The first-order chi connectivity index (χ1) is 18.1. The van der Waals surface area contributed by atoms with Gasteiger partial charge >= 0.3 is 6.03 Å². The lowest BCUT2D eigenvalue weighted by Crippen LogP contribution is -2.65. The summed E-state index contributed by atoms with van der Waals surface area (Å²) in [4.78, 5) is 50.1. The lowest BCUT2D eigenvalue weighted by molar-refractivity contribution is -0.385. The standard InChI is InChI=1S/C23H32N6O8S/c1-11(30)26-20-15(7-12-5-6-13(8-24-12)29(35)36)37-16(21(32)22(20)33)9-25-18(31)4-2-3-17-19-14(10-38-17)27-23(34)28-19/h5-6,8,14-17,19-22,32-33H,2-4,7,9-10H2,1H3,(H,25,31)(H,26,30)(H2,27,28,34)/t14-,15-,16?,17-,19-,20?,21+,22+/m0/s1. The van der Waals surface area contributed by atoms with Crippen LogP contribution in [0.1, 0.15) is 31.9 Å². The Morgan fingerprint density at radius 2 is 2.05 bits per heavy atom. The first kappa shape index (κ1) is 28.0. The van der Waals surface area contributed by atoms with E-state index < -0.39 is 41.3 Å². The highest BCUT2D eigenvalue weighted by Gasteiger charge is 2.45. The Bertz CT molecular complexity index is 1050. The fourth-order valence-electron chi connectivity index (χ4n) is 5.06. The largest absolute Gasteiger partial charge is 0.388 e. The van der Waals surface area contributed by atoms with Crippen LogP contribution in [0, 0.1) is 10.1 Å². The van der Waals surface area contributed by atoms with Gasteiger partial charge in [-0.3, -0.25) is 24.7 Å². The van der Waals surface area contributed by atoms with E-state index in [2.05, 4.69) is 26.3 Å². The van der Waals surface area contributed by atoms with Gasteiger partial charge in [-0.25, -0.2) is 4.79 Å². The minimum Gasteiger partial charge on any atom is -0.388 e. The molecule has 0 saturated carbocycles. The van der Waals surface area contributed by atoms with Gasteiger partial charge < -0.3 is 36.2 Å². The number of pyridine rings is 1. The molecule has 3 saturated heterocycles. The Kier molecular flexibility index (Phi) is 9.02. The van der Waals surface area contributed by atoms with Crippen molar-refractivity contribution in [3.8, 4) is 0 Å². The lowest BCUT2D eigenvalue weighted by atomic mass is 9.90. The van der Waals surface area contributed by atoms with Gasteiger partial charge in [0.15, 0.2) is 0 Å². The third kappa shape index (κ3) is 6.70. The van der Waals surface area contributed by atoms with Gasteiger partial charge in [0.25, 0.3) is 5.69 Å². The van der Waals surface area contributed by atoms with Crippen LogP contribution in [0.4, 0.5) is 10.5 Å². The van der Waals surface area contributed by atoms with Crippen LogP contribution >= 0.6 is 11.8 Å². The van der Waals surface area contributed by atoms with Crippen molar-refractivity contribution in [1.82, 2.24) is 26.3 Å². The smallest absolute Gasteiger partial charge is 0.315 e. The van der Waals surface area contributed by atoms with E-state index in [0.29, 0.717) is 12.1 Å². The van der Waals surface area contributed by atoms with E-state index >= 15 is 0 Å². The van der Waals surface area contributed by atoms with Crippen molar-refractivity contribution in [2.75, 3.05) is 12.3 Å². The molecule has 2 unspecified atom stereocenters. The Hall–Kier alpha value is -3.01. The van der Waals surface area contributed by atoms with Crippen LogP contribution in [0.25, 0.3) is 0 Å². The number of rotatable bonds is 10. The van der Waals surface area contributed by atoms with Gasteiger partial charge in [-0.2, -0.15) is 11.8 Å². The number of ether oxygens (including phenoxy) is 1. The van der Waals surface area contributed by atoms with Crippen LogP contribution in [-0.2, 0) is 20.7 Å². The summed E-state index contributed by atoms with van der Waals surface area (Å²) in [6.45, 7) is 1.21. The number of hydrogen-bond donors (Lipinski definition) is 6. The van der Waals surface area contributed by atoms with Crippen molar-refractivity contribution in [3.05, 3.63) is 34.1 Å². The average molecular weight is 553 g/mol. The molecule has 14 nitrogen and oxygen atoms in total. The van der Waals surface area contributed by atoms with E-state index in [1.54, 1.807) is 11.8 Å². The number of aromatic nitrogens is 1. The van der Waals surface area contributed by atoms with E-state index in [-0.39, 0.29) is 54.3 Å². The number of amides is 4. The summed E-state index contributed by atoms with van der Waals surface area (Å²) in [6, 6.07) is 1.84. The van der Waals surface area contributed by atoms with Crippen LogP contribution in [0.5, 0.6) is 0 Å². The molecule has 0 spiro atoms. The number of urea groups is 1. The second kappa shape index (κ2) is 12.2. The van der Waals surface area contributed by atoms with Crippen molar-refractivity contribution >= 4 is 35.3 Å². The van der Waals surface area contributed by atoms with Crippen LogP contribution in [0.15, 0.2) is 18.3 Å². The number of aliphatic hydroxyl groups excluding tert-OH is 2. The predicted octanol–water partition coefficient (Wildman–Crippen LogP) is -1.02. The topological polar surface area (TPSA) is 205 Å². The van der Waals surface area contributed by atoms with Crippen molar-refractivity contribution in [1.29, 1.82) is 0 Å². The van der Waals surface area contributed by atoms with Crippen molar-refractivity contribution in [2.45, 2.75) is 80.4 Å². The minimum atomic E-state index is -1.38. The third-order valence-corrected chi connectivity index (χ3v) is 8.49. The quantitative estimate of drug-likeness (QED) is 0.118. The predicted molar refractivity (Wildman–Crippen MR) is 135 cm³/mol. The summed E-state index contributed by atoms with van der Waals surface area (Å²) < 4.78 is 5.99. The van der Waals surface area contributed by atoms with Crippen LogP contribution in [-0.4, -0.2) is 98.1 Å². The van der Waals surface area contributed by atoms with E-state index in [1.165, 1.54) is 19.1 Å². The number of hydrogen-bond acceptors (Lipinski definition) is 10. The molecule has 4 amide bonds. The number of nitrogens with zero attached hydrogens (tertiary/aromatic N) is 2. The molecular formula is C23H32N6O8S. The highest BCUT2D eigenvalue weighted by Crippen LogP contribution is 2.33. The van der Waals surface area contributed by atoms with Crippen molar-refractivity contribution in [2.24, 2.45) is 0 Å². The summed E-state index contributed by atoms with van der Waals surface area (Å²) in [7, 11) is 0. The highest BCUT2D eigenvalue weighted by molar-refractivity contribution is 8.00. The molecule has 0 aliphatic carbocycles. The number of aliphatic hydroxyl groups is 2. The highest BCUT2D eigenvalue weighted by atomic mass is 32.2. The monoisotopic (exact) mass is 552 g/mol. The second-order valence-electron chi connectivity index (χ2n) is 9.71. The van der Waals surface area contributed by atoms with Crippen LogP contribution in [0.3, 0.4) is 0 Å². The number of nitrogens with one attached hydrogen (secondary N) is 4. The molecule has 3 fully saturated rings. The first-order valence-corrected chi connectivity index (χ1v) is 13.5. The molecule has 38 heavy (non-hydrogen) atoms. The molecule has 1 aromatic rings. The Balaban J connectivity index is 1.30. The summed E-state index contributed by atoms with van der Waals surface area (Å²) >= 11 is 1.77. The zero-order valence-electron chi connectivity index (χ0n) is 20.7. The number of fused-ring (bicyclic) bond motifs is 1. The van der Waals surface area contributed by atoms with Crippen LogP contribution in [0.2, 0.25) is 0 Å². The van der Waals surface area contributed by atoms with Gasteiger partial charge in [0.05, 0.1) is 29.2 Å². The number of nitro groups is 1. The maximum Gasteiger partial charge on any atom is 0.315 e. The van der Waals surface area contributed by atoms with Gasteiger partial charge in [-0.15, -0.1) is 0 Å². The molecular weight excluding hydrogens is 520 g/mol. The molecule has 0 radical (unpaired) electrons. The van der Waals surface area contributed by atoms with E-state index in [0.717, 1.165) is 18.4 Å². The van der Waals surface area contributed by atoms with Crippen LogP contribution < -0.4 is 21.3 Å². The maximum absolute atomic E-state index is 12.5. The minimum absolute atomic E-state index is 0.0586. The zero-order valence-corrected chi connectivity index (χ0v) is 21.6. The van der Waals surface area contributed by atoms with E-state index in [4.69, 9.17) is 4.74 Å². The third-order valence-electron chi connectivity index (χ3n) is 6.98. The molecule has 1 aromatic heterocycles. The molecule has 8 atom stereocenters. The SMILES string of the molecule is CC(=O)NC1[C@H](Cc2ccc([N+](=O)[O-])cn2)OC(CNC(=O)CCC[C@@H]2SC[C@@H]3NC(=O)N[C@@H]32)[C@@H](O)[C@@H]1O. The lowest BCUT2D eigenvalue weighted by Gasteiger charge is -2.43. The number of thioether (sulfide) groups is 1. The maximum atomic E-state index is 12.5. The van der Waals surface area contributed by atoms with Gasteiger partial charge in [-0.1, -0.05) is 0 Å². The Morgan fingerprint density at radius 1 is 1.26 bits per heavy atom. The summed E-state index contributed by atoms with van der Waals surface area (Å²) in [5.41, 5.74) is 0.256.